The van der Waals surface area contributed by atoms with Crippen molar-refractivity contribution in [3.63, 3.8) is 0 Å². The van der Waals surface area contributed by atoms with E-state index in [-0.39, 0.29) is 0 Å². The second kappa shape index (κ2) is 5.80. The molecule has 0 aliphatic heterocycles. The SMILES string of the molecule is CCNCC(C)NCc1ccc2cn[nH]c2c1. The molecule has 1 aromatic carbocycles. The van der Waals surface area contributed by atoms with Gasteiger partial charge in [-0.3, -0.25) is 5.10 Å². The predicted molar refractivity (Wildman–Crippen MR) is 70.9 cm³/mol. The highest BCUT2D eigenvalue weighted by Crippen LogP contribution is 2.12. The summed E-state index contributed by atoms with van der Waals surface area (Å²) >= 11 is 0. The van der Waals surface area contributed by atoms with Crippen molar-refractivity contribution in [3.05, 3.63) is 30.0 Å². The lowest BCUT2D eigenvalue weighted by atomic mass is 10.1. The van der Waals surface area contributed by atoms with Gasteiger partial charge in [0.05, 0.1) is 11.7 Å². The Morgan fingerprint density at radius 3 is 3.12 bits per heavy atom. The van der Waals surface area contributed by atoms with Crippen LogP contribution in [-0.2, 0) is 6.54 Å². The molecule has 0 spiro atoms. The number of rotatable bonds is 6. The summed E-state index contributed by atoms with van der Waals surface area (Å²) in [4.78, 5) is 0. The highest BCUT2D eigenvalue weighted by Gasteiger charge is 2.02. The number of hydrogen-bond donors (Lipinski definition) is 3. The third-order valence-corrected chi connectivity index (χ3v) is 2.86. The number of nitrogens with one attached hydrogen (secondary N) is 3. The van der Waals surface area contributed by atoms with E-state index in [1.165, 1.54) is 5.56 Å². The van der Waals surface area contributed by atoms with Gasteiger partial charge in [-0.05, 0) is 25.1 Å². The first-order valence-corrected chi connectivity index (χ1v) is 6.15. The van der Waals surface area contributed by atoms with Gasteiger partial charge in [0.2, 0.25) is 0 Å². The number of benzene rings is 1. The minimum Gasteiger partial charge on any atom is -0.315 e. The molecule has 4 heteroatoms. The van der Waals surface area contributed by atoms with Crippen molar-refractivity contribution in [2.45, 2.75) is 26.4 Å². The van der Waals surface area contributed by atoms with Crippen molar-refractivity contribution in [2.75, 3.05) is 13.1 Å². The monoisotopic (exact) mass is 232 g/mol. The number of nitrogens with zero attached hydrogens (tertiary/aromatic N) is 1. The summed E-state index contributed by atoms with van der Waals surface area (Å²) in [6.07, 6.45) is 1.85. The molecular formula is C13H20N4. The molecule has 2 aromatic rings. The number of hydrogen-bond acceptors (Lipinski definition) is 3. The molecular weight excluding hydrogens is 212 g/mol. The quantitative estimate of drug-likeness (QED) is 0.710. The van der Waals surface area contributed by atoms with Gasteiger partial charge in [0.1, 0.15) is 0 Å². The summed E-state index contributed by atoms with van der Waals surface area (Å²) < 4.78 is 0. The van der Waals surface area contributed by atoms with Crippen LogP contribution in [0.2, 0.25) is 0 Å². The van der Waals surface area contributed by atoms with Crippen LogP contribution in [0.15, 0.2) is 24.4 Å². The fraction of sp³-hybridized carbons (Fsp3) is 0.462. The molecule has 1 heterocycles. The molecule has 3 N–H and O–H groups in total. The molecule has 1 atom stereocenters. The topological polar surface area (TPSA) is 52.7 Å². The van der Waals surface area contributed by atoms with Gasteiger partial charge in [0, 0.05) is 24.5 Å². The smallest absolute Gasteiger partial charge is 0.0653 e. The number of aromatic amines is 1. The van der Waals surface area contributed by atoms with E-state index >= 15 is 0 Å². The van der Waals surface area contributed by atoms with Crippen molar-refractivity contribution in [2.24, 2.45) is 0 Å². The zero-order valence-electron chi connectivity index (χ0n) is 10.5. The van der Waals surface area contributed by atoms with Gasteiger partial charge in [-0.25, -0.2) is 0 Å². The van der Waals surface area contributed by atoms with Gasteiger partial charge in [-0.1, -0.05) is 19.1 Å². The Bertz CT molecular complexity index is 463. The Hall–Kier alpha value is -1.39. The van der Waals surface area contributed by atoms with Gasteiger partial charge in [-0.15, -0.1) is 0 Å². The normalized spacial score (nSPS) is 13.1. The first kappa shape index (κ1) is 12.1. The summed E-state index contributed by atoms with van der Waals surface area (Å²) in [6.45, 7) is 7.23. The first-order valence-electron chi connectivity index (χ1n) is 6.15. The summed E-state index contributed by atoms with van der Waals surface area (Å²) in [5, 5.41) is 15.0. The van der Waals surface area contributed by atoms with E-state index in [1.807, 2.05) is 6.20 Å². The molecule has 0 aliphatic carbocycles. The standard InChI is InChI=1S/C13H20N4/c1-3-14-7-10(2)15-8-11-4-5-12-9-16-17-13(12)6-11/h4-6,9-10,14-15H,3,7-8H2,1-2H3,(H,16,17). The van der Waals surface area contributed by atoms with Crippen molar-refractivity contribution in [1.29, 1.82) is 0 Å². The van der Waals surface area contributed by atoms with Crippen molar-refractivity contribution in [3.8, 4) is 0 Å². The zero-order chi connectivity index (χ0) is 12.1. The third kappa shape index (κ3) is 3.28. The molecule has 1 aromatic heterocycles. The number of fused-ring (bicyclic) bond motifs is 1. The second-order valence-corrected chi connectivity index (χ2v) is 4.38. The molecule has 1 unspecified atom stereocenters. The highest BCUT2D eigenvalue weighted by atomic mass is 15.1. The van der Waals surface area contributed by atoms with Crippen LogP contribution >= 0.6 is 0 Å². The molecule has 0 amide bonds. The lowest BCUT2D eigenvalue weighted by Crippen LogP contribution is -2.35. The number of likely N-dealkylation sites (N-methyl/N-ethyl adjacent to an activating group) is 1. The minimum absolute atomic E-state index is 0.479. The Morgan fingerprint density at radius 1 is 1.41 bits per heavy atom. The molecule has 0 radical (unpaired) electrons. The Balaban J connectivity index is 1.89. The Kier molecular flexibility index (Phi) is 4.12. The highest BCUT2D eigenvalue weighted by molar-refractivity contribution is 5.78. The maximum Gasteiger partial charge on any atom is 0.0653 e. The maximum absolute atomic E-state index is 4.02. The van der Waals surface area contributed by atoms with Crippen molar-refractivity contribution >= 4 is 10.9 Å². The summed E-state index contributed by atoms with van der Waals surface area (Å²) in [6, 6.07) is 6.87. The van der Waals surface area contributed by atoms with Crippen molar-refractivity contribution in [1.82, 2.24) is 20.8 Å². The lowest BCUT2D eigenvalue weighted by molar-refractivity contribution is 0.509. The average Bonchev–Trinajstić information content (AvgIpc) is 2.81. The van der Waals surface area contributed by atoms with Crippen LogP contribution in [0.25, 0.3) is 10.9 Å². The van der Waals surface area contributed by atoms with Gasteiger partial charge in [-0.2, -0.15) is 5.10 Å². The van der Waals surface area contributed by atoms with Gasteiger partial charge >= 0.3 is 0 Å². The fourth-order valence-corrected chi connectivity index (χ4v) is 1.82. The van der Waals surface area contributed by atoms with Crippen LogP contribution < -0.4 is 10.6 Å². The summed E-state index contributed by atoms with van der Waals surface area (Å²) in [5.74, 6) is 0. The molecule has 2 rings (SSSR count). The maximum atomic E-state index is 4.02. The van der Waals surface area contributed by atoms with E-state index in [4.69, 9.17) is 0 Å². The van der Waals surface area contributed by atoms with E-state index in [0.29, 0.717) is 6.04 Å². The molecule has 0 saturated heterocycles. The molecule has 0 bridgehead atoms. The fourth-order valence-electron chi connectivity index (χ4n) is 1.82. The predicted octanol–water partition coefficient (Wildman–Crippen LogP) is 1.65. The van der Waals surface area contributed by atoms with E-state index in [2.05, 4.69) is 52.9 Å². The Morgan fingerprint density at radius 2 is 2.29 bits per heavy atom. The van der Waals surface area contributed by atoms with Gasteiger partial charge in [0.15, 0.2) is 0 Å². The molecule has 17 heavy (non-hydrogen) atoms. The lowest BCUT2D eigenvalue weighted by Gasteiger charge is -2.14. The molecule has 0 aliphatic rings. The van der Waals surface area contributed by atoms with Gasteiger partial charge < -0.3 is 10.6 Å². The van der Waals surface area contributed by atoms with Crippen molar-refractivity contribution < 1.29 is 0 Å². The van der Waals surface area contributed by atoms with E-state index in [0.717, 1.165) is 30.5 Å². The van der Waals surface area contributed by atoms with Crippen LogP contribution in [0, 0.1) is 0 Å². The van der Waals surface area contributed by atoms with E-state index in [1.54, 1.807) is 0 Å². The average molecular weight is 232 g/mol. The second-order valence-electron chi connectivity index (χ2n) is 4.38. The molecule has 0 fully saturated rings. The van der Waals surface area contributed by atoms with E-state index in [9.17, 15) is 0 Å². The van der Waals surface area contributed by atoms with Crippen LogP contribution in [0.4, 0.5) is 0 Å². The van der Waals surface area contributed by atoms with Crippen LogP contribution in [0.1, 0.15) is 19.4 Å². The van der Waals surface area contributed by atoms with Crippen LogP contribution in [0.5, 0.6) is 0 Å². The molecule has 92 valence electrons. The number of H-pyrrole nitrogens is 1. The van der Waals surface area contributed by atoms with E-state index < -0.39 is 0 Å². The minimum atomic E-state index is 0.479. The van der Waals surface area contributed by atoms with Crippen LogP contribution in [0.3, 0.4) is 0 Å². The summed E-state index contributed by atoms with van der Waals surface area (Å²) in [5.41, 5.74) is 2.38. The number of aromatic nitrogens is 2. The van der Waals surface area contributed by atoms with Crippen LogP contribution in [-0.4, -0.2) is 29.3 Å². The molecule has 0 saturated carbocycles. The first-order chi connectivity index (χ1) is 8.29. The molecule has 4 nitrogen and oxygen atoms in total. The van der Waals surface area contributed by atoms with Gasteiger partial charge in [0.25, 0.3) is 0 Å². The Labute approximate surface area is 102 Å². The zero-order valence-corrected chi connectivity index (χ0v) is 10.5. The summed E-state index contributed by atoms with van der Waals surface area (Å²) in [7, 11) is 0. The largest absolute Gasteiger partial charge is 0.315 e. The third-order valence-electron chi connectivity index (χ3n) is 2.86.